The van der Waals surface area contributed by atoms with Crippen molar-refractivity contribution in [3.63, 3.8) is 0 Å². The van der Waals surface area contributed by atoms with E-state index in [4.69, 9.17) is 16.3 Å². The van der Waals surface area contributed by atoms with E-state index >= 15 is 0 Å². The molecular formula is C10H21ClO. The van der Waals surface area contributed by atoms with Crippen molar-refractivity contribution in [1.82, 2.24) is 0 Å². The molecule has 0 aliphatic carbocycles. The third-order valence-electron chi connectivity index (χ3n) is 2.27. The summed E-state index contributed by atoms with van der Waals surface area (Å²) < 4.78 is 5.70. The topological polar surface area (TPSA) is 9.23 Å². The van der Waals surface area contributed by atoms with Crippen molar-refractivity contribution >= 4 is 11.6 Å². The molecule has 2 heteroatoms. The summed E-state index contributed by atoms with van der Waals surface area (Å²) in [5, 5.41) is 0. The molecule has 0 aromatic rings. The summed E-state index contributed by atoms with van der Waals surface area (Å²) in [6.07, 6.45) is 3.76. The molecule has 1 atom stereocenters. The minimum absolute atomic E-state index is 0.433. The Labute approximate surface area is 81.4 Å². The summed E-state index contributed by atoms with van der Waals surface area (Å²) in [6.45, 7) is 7.31. The van der Waals surface area contributed by atoms with Gasteiger partial charge in [-0.3, -0.25) is 0 Å². The standard InChI is InChI=1S/C10H21ClO/c1-4-9(7-11)8-12-10(5-2)6-3/h9-10H,4-8H2,1-3H3. The predicted molar refractivity (Wildman–Crippen MR) is 54.8 cm³/mol. The molecule has 0 aliphatic heterocycles. The van der Waals surface area contributed by atoms with Crippen LogP contribution >= 0.6 is 11.6 Å². The molecule has 0 aromatic heterocycles. The summed E-state index contributed by atoms with van der Waals surface area (Å²) in [6, 6.07) is 0. The molecule has 0 spiro atoms. The highest BCUT2D eigenvalue weighted by atomic mass is 35.5. The van der Waals surface area contributed by atoms with Crippen LogP contribution in [-0.2, 0) is 4.74 Å². The van der Waals surface area contributed by atoms with Crippen LogP contribution in [0.3, 0.4) is 0 Å². The molecular weight excluding hydrogens is 172 g/mol. The summed E-state index contributed by atoms with van der Waals surface area (Å²) in [4.78, 5) is 0. The van der Waals surface area contributed by atoms with Crippen LogP contribution in [0.1, 0.15) is 40.0 Å². The first-order valence-corrected chi connectivity index (χ1v) is 5.49. The van der Waals surface area contributed by atoms with Gasteiger partial charge < -0.3 is 4.74 Å². The minimum atomic E-state index is 0.433. The van der Waals surface area contributed by atoms with Gasteiger partial charge in [-0.05, 0) is 25.2 Å². The van der Waals surface area contributed by atoms with Gasteiger partial charge in [-0.2, -0.15) is 0 Å². The molecule has 0 fully saturated rings. The Bertz CT molecular complexity index is 75.8. The van der Waals surface area contributed by atoms with Gasteiger partial charge in [-0.25, -0.2) is 0 Å². The quantitative estimate of drug-likeness (QED) is 0.562. The van der Waals surface area contributed by atoms with Crippen molar-refractivity contribution in [1.29, 1.82) is 0 Å². The van der Waals surface area contributed by atoms with Crippen LogP contribution < -0.4 is 0 Å². The van der Waals surface area contributed by atoms with E-state index in [1.165, 1.54) is 0 Å². The highest BCUT2D eigenvalue weighted by Crippen LogP contribution is 2.10. The molecule has 0 saturated carbocycles. The normalized spacial score (nSPS) is 13.8. The van der Waals surface area contributed by atoms with Gasteiger partial charge in [0, 0.05) is 5.88 Å². The second-order valence-corrected chi connectivity index (χ2v) is 3.51. The SMILES string of the molecule is CCC(CCl)COC(CC)CC. The fraction of sp³-hybridized carbons (Fsp3) is 1.00. The van der Waals surface area contributed by atoms with Crippen LogP contribution in [-0.4, -0.2) is 18.6 Å². The molecule has 74 valence electrons. The van der Waals surface area contributed by atoms with Crippen molar-refractivity contribution in [2.75, 3.05) is 12.5 Å². The van der Waals surface area contributed by atoms with Gasteiger partial charge in [0.2, 0.25) is 0 Å². The van der Waals surface area contributed by atoms with E-state index in [2.05, 4.69) is 20.8 Å². The maximum atomic E-state index is 5.76. The fourth-order valence-electron chi connectivity index (χ4n) is 1.07. The van der Waals surface area contributed by atoms with Crippen LogP contribution in [0.15, 0.2) is 0 Å². The van der Waals surface area contributed by atoms with Gasteiger partial charge in [-0.1, -0.05) is 20.8 Å². The van der Waals surface area contributed by atoms with Crippen molar-refractivity contribution in [2.24, 2.45) is 5.92 Å². The zero-order chi connectivity index (χ0) is 9.40. The molecule has 1 nitrogen and oxygen atoms in total. The molecule has 0 heterocycles. The largest absolute Gasteiger partial charge is 0.378 e. The predicted octanol–water partition coefficient (Wildman–Crippen LogP) is 3.46. The Kier molecular flexibility index (Phi) is 8.04. The zero-order valence-corrected chi connectivity index (χ0v) is 9.23. The van der Waals surface area contributed by atoms with Gasteiger partial charge >= 0.3 is 0 Å². The van der Waals surface area contributed by atoms with Gasteiger partial charge in [0.15, 0.2) is 0 Å². The second kappa shape index (κ2) is 7.88. The summed E-state index contributed by atoms with van der Waals surface area (Å²) in [7, 11) is 0. The van der Waals surface area contributed by atoms with Crippen molar-refractivity contribution in [3.05, 3.63) is 0 Å². The monoisotopic (exact) mass is 192 g/mol. The van der Waals surface area contributed by atoms with Crippen LogP contribution in [0.4, 0.5) is 0 Å². The molecule has 0 N–H and O–H groups in total. The lowest BCUT2D eigenvalue weighted by Gasteiger charge is -2.17. The lowest BCUT2D eigenvalue weighted by molar-refractivity contribution is 0.0282. The Hall–Kier alpha value is 0.250. The molecule has 0 saturated heterocycles. The maximum Gasteiger partial charge on any atom is 0.0570 e. The molecule has 12 heavy (non-hydrogen) atoms. The van der Waals surface area contributed by atoms with E-state index in [-0.39, 0.29) is 0 Å². The van der Waals surface area contributed by atoms with Gasteiger partial charge in [0.05, 0.1) is 12.7 Å². The van der Waals surface area contributed by atoms with Gasteiger partial charge in [0.1, 0.15) is 0 Å². The molecule has 0 rings (SSSR count). The van der Waals surface area contributed by atoms with Crippen LogP contribution in [0.2, 0.25) is 0 Å². The number of hydrogen-bond donors (Lipinski definition) is 0. The average molecular weight is 193 g/mol. The third-order valence-corrected chi connectivity index (χ3v) is 2.71. The summed E-state index contributed by atoms with van der Waals surface area (Å²) in [5.74, 6) is 1.25. The number of halogens is 1. The van der Waals surface area contributed by atoms with Crippen LogP contribution in [0.5, 0.6) is 0 Å². The molecule has 0 bridgehead atoms. The Morgan fingerprint density at radius 1 is 1.08 bits per heavy atom. The second-order valence-electron chi connectivity index (χ2n) is 3.20. The Morgan fingerprint density at radius 3 is 2.00 bits per heavy atom. The van der Waals surface area contributed by atoms with E-state index < -0.39 is 0 Å². The van der Waals surface area contributed by atoms with Gasteiger partial charge in [-0.15, -0.1) is 11.6 Å². The number of alkyl halides is 1. The number of rotatable bonds is 7. The third kappa shape index (κ3) is 5.00. The Morgan fingerprint density at radius 2 is 1.67 bits per heavy atom. The first-order chi connectivity index (χ1) is 5.78. The van der Waals surface area contributed by atoms with E-state index in [9.17, 15) is 0 Å². The van der Waals surface area contributed by atoms with E-state index in [0.29, 0.717) is 12.0 Å². The molecule has 1 unspecified atom stereocenters. The lowest BCUT2D eigenvalue weighted by Crippen LogP contribution is -2.17. The summed E-state index contributed by atoms with van der Waals surface area (Å²) >= 11 is 5.76. The van der Waals surface area contributed by atoms with Crippen molar-refractivity contribution in [2.45, 2.75) is 46.1 Å². The lowest BCUT2D eigenvalue weighted by atomic mass is 10.1. The Balaban J connectivity index is 3.49. The number of hydrogen-bond acceptors (Lipinski definition) is 1. The highest BCUT2D eigenvalue weighted by molar-refractivity contribution is 6.18. The summed E-state index contributed by atoms with van der Waals surface area (Å²) in [5.41, 5.74) is 0. The van der Waals surface area contributed by atoms with Crippen molar-refractivity contribution in [3.8, 4) is 0 Å². The average Bonchev–Trinajstić information content (AvgIpc) is 2.13. The van der Waals surface area contributed by atoms with Crippen LogP contribution in [0.25, 0.3) is 0 Å². The number of ether oxygens (including phenoxy) is 1. The van der Waals surface area contributed by atoms with Gasteiger partial charge in [0.25, 0.3) is 0 Å². The highest BCUT2D eigenvalue weighted by Gasteiger charge is 2.08. The van der Waals surface area contributed by atoms with E-state index in [1.54, 1.807) is 0 Å². The van der Waals surface area contributed by atoms with E-state index in [1.807, 2.05) is 0 Å². The van der Waals surface area contributed by atoms with Crippen LogP contribution in [0, 0.1) is 5.92 Å². The smallest absolute Gasteiger partial charge is 0.0570 e. The first kappa shape index (κ1) is 12.2. The molecule has 0 amide bonds. The molecule has 0 aliphatic rings. The maximum absolute atomic E-state index is 5.76. The minimum Gasteiger partial charge on any atom is -0.378 e. The zero-order valence-electron chi connectivity index (χ0n) is 8.48. The molecule has 0 aromatic carbocycles. The van der Waals surface area contributed by atoms with Crippen molar-refractivity contribution < 1.29 is 4.74 Å². The first-order valence-electron chi connectivity index (χ1n) is 4.95. The van der Waals surface area contributed by atoms with E-state index in [0.717, 1.165) is 31.7 Å². The fourth-order valence-corrected chi connectivity index (χ4v) is 1.38. The molecule has 0 radical (unpaired) electrons.